The van der Waals surface area contributed by atoms with E-state index in [2.05, 4.69) is 10.6 Å². The van der Waals surface area contributed by atoms with Gasteiger partial charge < -0.3 is 10.2 Å². The number of rotatable bonds is 1. The molecule has 1 aromatic carbocycles. The van der Waals surface area contributed by atoms with Crippen molar-refractivity contribution < 1.29 is 9.59 Å². The van der Waals surface area contributed by atoms with Gasteiger partial charge >= 0.3 is 0 Å². The van der Waals surface area contributed by atoms with Gasteiger partial charge in [0.2, 0.25) is 11.8 Å². The highest BCUT2D eigenvalue weighted by Crippen LogP contribution is 2.31. The lowest BCUT2D eigenvalue weighted by Crippen LogP contribution is -2.60. The molecule has 0 aromatic heterocycles. The molecule has 1 aliphatic carbocycles. The van der Waals surface area contributed by atoms with Crippen molar-refractivity contribution in [3.8, 4) is 0 Å². The Morgan fingerprint density at radius 1 is 1.08 bits per heavy atom. The van der Waals surface area contributed by atoms with Crippen LogP contribution in [0.1, 0.15) is 50.5 Å². The molecule has 3 aliphatic rings. The molecule has 1 aromatic rings. The number of carbonyl (C=O) groups excluding carboxylic acids is 2. The summed E-state index contributed by atoms with van der Waals surface area (Å²) in [5.41, 5.74) is 1.47. The molecule has 2 aliphatic heterocycles. The Balaban J connectivity index is 1.42. The third-order valence-corrected chi connectivity index (χ3v) is 6.20. The van der Waals surface area contributed by atoms with Crippen molar-refractivity contribution >= 4 is 17.5 Å². The van der Waals surface area contributed by atoms with Crippen molar-refractivity contribution in [1.82, 2.24) is 10.2 Å². The summed E-state index contributed by atoms with van der Waals surface area (Å²) in [6.45, 7) is 2.03. The zero-order valence-corrected chi connectivity index (χ0v) is 14.7. The Kier molecular flexibility index (Phi) is 4.50. The van der Waals surface area contributed by atoms with E-state index in [9.17, 15) is 9.59 Å². The average molecular weight is 341 g/mol. The summed E-state index contributed by atoms with van der Waals surface area (Å²) in [5.74, 6) is 0.567. The van der Waals surface area contributed by atoms with E-state index in [1.54, 1.807) is 0 Å². The molecule has 25 heavy (non-hydrogen) atoms. The number of hydrogen-bond donors (Lipinski definition) is 2. The van der Waals surface area contributed by atoms with Crippen LogP contribution in [-0.4, -0.2) is 35.3 Å². The van der Waals surface area contributed by atoms with Crippen LogP contribution in [0.15, 0.2) is 24.3 Å². The van der Waals surface area contributed by atoms with Gasteiger partial charge in [-0.25, -0.2) is 0 Å². The number of para-hydroxylation sites is 1. The molecular weight excluding hydrogens is 314 g/mol. The van der Waals surface area contributed by atoms with E-state index in [1.807, 2.05) is 29.2 Å². The maximum atomic E-state index is 12.9. The summed E-state index contributed by atoms with van der Waals surface area (Å²) in [7, 11) is 0. The van der Waals surface area contributed by atoms with E-state index in [-0.39, 0.29) is 11.8 Å². The lowest BCUT2D eigenvalue weighted by molar-refractivity contribution is -0.140. The standard InChI is InChI=1S/C20H27N3O2/c24-18(15-6-2-1-3-7-15)23-12-10-20(11-13-23)19(25)22-17-9-5-4-8-16(17)14-21-20/h4-5,8-9,15,21H,1-3,6-7,10-14H2,(H,22,25). The summed E-state index contributed by atoms with van der Waals surface area (Å²) in [4.78, 5) is 27.6. The Morgan fingerprint density at radius 2 is 1.80 bits per heavy atom. The van der Waals surface area contributed by atoms with Crippen LogP contribution >= 0.6 is 0 Å². The first-order chi connectivity index (χ1) is 12.2. The minimum absolute atomic E-state index is 0.0437. The van der Waals surface area contributed by atoms with Crippen molar-refractivity contribution in [2.75, 3.05) is 18.4 Å². The average Bonchev–Trinajstić information content (AvgIpc) is 2.80. The van der Waals surface area contributed by atoms with Gasteiger partial charge in [-0.2, -0.15) is 0 Å². The van der Waals surface area contributed by atoms with E-state index in [0.29, 0.717) is 38.4 Å². The predicted molar refractivity (Wildman–Crippen MR) is 97.0 cm³/mol. The topological polar surface area (TPSA) is 61.4 Å². The van der Waals surface area contributed by atoms with E-state index in [4.69, 9.17) is 0 Å². The minimum atomic E-state index is -0.553. The lowest BCUT2D eigenvalue weighted by Gasteiger charge is -2.41. The van der Waals surface area contributed by atoms with Crippen molar-refractivity contribution in [1.29, 1.82) is 0 Å². The normalized spacial score (nSPS) is 23.7. The van der Waals surface area contributed by atoms with E-state index in [0.717, 1.165) is 24.1 Å². The second-order valence-corrected chi connectivity index (χ2v) is 7.71. The first-order valence-corrected chi connectivity index (χ1v) is 9.61. The fourth-order valence-corrected chi connectivity index (χ4v) is 4.50. The fraction of sp³-hybridized carbons (Fsp3) is 0.600. The maximum Gasteiger partial charge on any atom is 0.244 e. The SMILES string of the molecule is O=C(C1CCCCC1)N1CCC2(CC1)NCc1ccccc1NC2=O. The van der Waals surface area contributed by atoms with Crippen LogP contribution in [0.2, 0.25) is 0 Å². The van der Waals surface area contributed by atoms with Crippen LogP contribution in [-0.2, 0) is 16.1 Å². The van der Waals surface area contributed by atoms with Gasteiger partial charge in [0.1, 0.15) is 5.54 Å². The van der Waals surface area contributed by atoms with E-state index >= 15 is 0 Å². The Bertz CT molecular complexity index is 659. The summed E-state index contributed by atoms with van der Waals surface area (Å²) < 4.78 is 0. The molecule has 0 radical (unpaired) electrons. The Hall–Kier alpha value is -1.88. The number of anilines is 1. The van der Waals surface area contributed by atoms with Gasteiger partial charge in [0.25, 0.3) is 0 Å². The quantitative estimate of drug-likeness (QED) is 0.825. The molecule has 2 N–H and O–H groups in total. The van der Waals surface area contributed by atoms with Gasteiger partial charge in [0.15, 0.2) is 0 Å². The second-order valence-electron chi connectivity index (χ2n) is 7.71. The van der Waals surface area contributed by atoms with Gasteiger partial charge in [-0.1, -0.05) is 37.5 Å². The number of nitrogens with zero attached hydrogens (tertiary/aromatic N) is 1. The van der Waals surface area contributed by atoms with Crippen LogP contribution in [0.3, 0.4) is 0 Å². The molecule has 4 rings (SSSR count). The fourth-order valence-electron chi connectivity index (χ4n) is 4.50. The van der Waals surface area contributed by atoms with Crippen LogP contribution in [0.4, 0.5) is 5.69 Å². The van der Waals surface area contributed by atoms with Crippen LogP contribution < -0.4 is 10.6 Å². The number of amides is 2. The minimum Gasteiger partial charge on any atom is -0.342 e. The molecular formula is C20H27N3O2. The number of carbonyl (C=O) groups is 2. The van der Waals surface area contributed by atoms with Crippen molar-refractivity contribution in [2.45, 2.75) is 57.0 Å². The molecule has 5 nitrogen and oxygen atoms in total. The molecule has 1 spiro atoms. The van der Waals surface area contributed by atoms with Gasteiger partial charge in [0, 0.05) is 31.2 Å². The number of benzene rings is 1. The number of nitrogens with one attached hydrogen (secondary N) is 2. The molecule has 0 atom stereocenters. The molecule has 2 amide bonds. The van der Waals surface area contributed by atoms with Crippen molar-refractivity contribution in [2.24, 2.45) is 5.92 Å². The van der Waals surface area contributed by atoms with Crippen molar-refractivity contribution in [3.05, 3.63) is 29.8 Å². The van der Waals surface area contributed by atoms with Gasteiger partial charge in [0.05, 0.1) is 0 Å². The molecule has 1 saturated carbocycles. The molecule has 1 saturated heterocycles. The first-order valence-electron chi connectivity index (χ1n) is 9.61. The zero-order chi connectivity index (χ0) is 17.3. The molecule has 2 fully saturated rings. The molecule has 0 unspecified atom stereocenters. The molecule has 134 valence electrons. The summed E-state index contributed by atoms with van der Waals surface area (Å²) in [6.07, 6.45) is 7.06. The van der Waals surface area contributed by atoms with Gasteiger partial charge in [-0.15, -0.1) is 0 Å². The third-order valence-electron chi connectivity index (χ3n) is 6.20. The maximum absolute atomic E-state index is 12.9. The van der Waals surface area contributed by atoms with Gasteiger partial charge in [-0.05, 0) is 37.3 Å². The second kappa shape index (κ2) is 6.79. The number of piperidine rings is 1. The van der Waals surface area contributed by atoms with Crippen LogP contribution in [0, 0.1) is 5.92 Å². The highest BCUT2D eigenvalue weighted by molar-refractivity contribution is 5.99. The molecule has 5 heteroatoms. The first kappa shape index (κ1) is 16.6. The highest BCUT2D eigenvalue weighted by atomic mass is 16.2. The number of fused-ring (bicyclic) bond motifs is 1. The summed E-state index contributed by atoms with van der Waals surface area (Å²) >= 11 is 0. The van der Waals surface area contributed by atoms with E-state index < -0.39 is 5.54 Å². The molecule has 2 heterocycles. The monoisotopic (exact) mass is 341 g/mol. The third kappa shape index (κ3) is 3.17. The predicted octanol–water partition coefficient (Wildman–Crippen LogP) is 2.67. The van der Waals surface area contributed by atoms with Gasteiger partial charge in [-0.3, -0.25) is 14.9 Å². The summed E-state index contributed by atoms with van der Waals surface area (Å²) in [5, 5.41) is 6.58. The molecule has 0 bridgehead atoms. The Labute approximate surface area is 149 Å². The largest absolute Gasteiger partial charge is 0.342 e. The van der Waals surface area contributed by atoms with E-state index in [1.165, 1.54) is 19.3 Å². The lowest BCUT2D eigenvalue weighted by atomic mass is 9.84. The highest BCUT2D eigenvalue weighted by Gasteiger charge is 2.44. The number of hydrogen-bond acceptors (Lipinski definition) is 3. The number of likely N-dealkylation sites (tertiary alicyclic amines) is 1. The Morgan fingerprint density at radius 3 is 2.56 bits per heavy atom. The summed E-state index contributed by atoms with van der Waals surface area (Å²) in [6, 6.07) is 7.94. The van der Waals surface area contributed by atoms with Crippen LogP contribution in [0.5, 0.6) is 0 Å². The smallest absolute Gasteiger partial charge is 0.244 e. The van der Waals surface area contributed by atoms with Crippen molar-refractivity contribution in [3.63, 3.8) is 0 Å². The van der Waals surface area contributed by atoms with Crippen LogP contribution in [0.25, 0.3) is 0 Å². The zero-order valence-electron chi connectivity index (χ0n) is 14.7.